The molecular formula is C11H19N3S. The quantitative estimate of drug-likeness (QED) is 0.785. The van der Waals surface area contributed by atoms with E-state index in [1.807, 2.05) is 0 Å². The molecule has 0 amide bonds. The molecule has 0 bridgehead atoms. The molecule has 1 aliphatic carbocycles. The maximum atomic E-state index is 5.31. The summed E-state index contributed by atoms with van der Waals surface area (Å²) in [6, 6.07) is 0.557. The summed E-state index contributed by atoms with van der Waals surface area (Å²) in [5.41, 5.74) is 0. The number of hydrogen-bond acceptors (Lipinski definition) is 2. The maximum absolute atomic E-state index is 5.31. The highest BCUT2D eigenvalue weighted by molar-refractivity contribution is 7.71. The van der Waals surface area contributed by atoms with Crippen LogP contribution in [0.3, 0.4) is 0 Å². The summed E-state index contributed by atoms with van der Waals surface area (Å²) in [7, 11) is 0. The van der Waals surface area contributed by atoms with Crippen LogP contribution in [0.1, 0.15) is 45.5 Å². The van der Waals surface area contributed by atoms with E-state index >= 15 is 0 Å². The topological polar surface area (TPSA) is 33.6 Å². The summed E-state index contributed by atoms with van der Waals surface area (Å²) in [6.07, 6.45) is 3.50. The van der Waals surface area contributed by atoms with Crippen molar-refractivity contribution >= 4 is 12.2 Å². The van der Waals surface area contributed by atoms with E-state index in [-0.39, 0.29) is 0 Å². The minimum Gasteiger partial charge on any atom is -0.301 e. The lowest BCUT2D eigenvalue weighted by atomic mass is 9.97. The number of H-pyrrole nitrogens is 1. The van der Waals surface area contributed by atoms with Gasteiger partial charge in [0.25, 0.3) is 0 Å². The Labute approximate surface area is 95.9 Å². The van der Waals surface area contributed by atoms with Crippen molar-refractivity contribution in [3.63, 3.8) is 0 Å². The zero-order chi connectivity index (χ0) is 11.0. The predicted octanol–water partition coefficient (Wildman–Crippen LogP) is 3.11. The number of aromatic amines is 1. The van der Waals surface area contributed by atoms with Gasteiger partial charge in [-0.2, -0.15) is 5.10 Å². The molecule has 1 aliphatic rings. The number of aromatic nitrogens is 3. The molecule has 1 aromatic heterocycles. The van der Waals surface area contributed by atoms with Gasteiger partial charge >= 0.3 is 0 Å². The third-order valence-corrected chi connectivity index (χ3v) is 4.14. The first-order chi connectivity index (χ1) is 7.15. The molecule has 0 aromatic carbocycles. The van der Waals surface area contributed by atoms with Gasteiger partial charge in [-0.1, -0.05) is 20.8 Å². The summed E-state index contributed by atoms with van der Waals surface area (Å²) < 4.78 is 3.03. The van der Waals surface area contributed by atoms with Gasteiger partial charge in [0.05, 0.1) is 0 Å². The first kappa shape index (κ1) is 10.9. The van der Waals surface area contributed by atoms with Crippen molar-refractivity contribution < 1.29 is 0 Å². The highest BCUT2D eigenvalue weighted by atomic mass is 32.1. The van der Waals surface area contributed by atoms with Crippen molar-refractivity contribution in [1.82, 2.24) is 14.8 Å². The minimum atomic E-state index is 0.557. The summed E-state index contributed by atoms with van der Waals surface area (Å²) in [5.74, 6) is 2.61. The number of nitrogens with zero attached hydrogens (tertiary/aromatic N) is 2. The molecule has 84 valence electrons. The molecule has 1 fully saturated rings. The van der Waals surface area contributed by atoms with Crippen molar-refractivity contribution in [2.24, 2.45) is 11.8 Å². The molecule has 3 nitrogen and oxygen atoms in total. The highest BCUT2D eigenvalue weighted by Gasteiger charge is 2.32. The van der Waals surface area contributed by atoms with Crippen LogP contribution in [-0.2, 0) is 6.42 Å². The molecule has 1 heterocycles. The van der Waals surface area contributed by atoms with Crippen LogP contribution in [0.25, 0.3) is 0 Å². The van der Waals surface area contributed by atoms with Gasteiger partial charge in [0, 0.05) is 12.5 Å². The van der Waals surface area contributed by atoms with E-state index in [9.17, 15) is 0 Å². The lowest BCUT2D eigenvalue weighted by molar-refractivity contribution is 0.344. The minimum absolute atomic E-state index is 0.557. The third kappa shape index (κ3) is 1.75. The molecule has 2 rings (SSSR count). The van der Waals surface area contributed by atoms with Crippen molar-refractivity contribution in [1.29, 1.82) is 0 Å². The Hall–Kier alpha value is -0.640. The fourth-order valence-corrected chi connectivity index (χ4v) is 2.92. The third-order valence-electron chi connectivity index (χ3n) is 3.85. The van der Waals surface area contributed by atoms with Crippen LogP contribution in [0, 0.1) is 16.6 Å². The van der Waals surface area contributed by atoms with E-state index in [4.69, 9.17) is 12.2 Å². The second-order valence-corrected chi connectivity index (χ2v) is 5.04. The van der Waals surface area contributed by atoms with Gasteiger partial charge in [0.1, 0.15) is 5.82 Å². The Bertz CT molecular complexity index is 393. The molecule has 3 atom stereocenters. The molecule has 1 N–H and O–H groups in total. The number of nitrogens with one attached hydrogen (secondary N) is 1. The van der Waals surface area contributed by atoms with E-state index in [0.29, 0.717) is 12.0 Å². The lowest BCUT2D eigenvalue weighted by Gasteiger charge is -2.20. The molecule has 4 heteroatoms. The van der Waals surface area contributed by atoms with Crippen molar-refractivity contribution in [3.8, 4) is 0 Å². The molecule has 0 radical (unpaired) electrons. The van der Waals surface area contributed by atoms with Crippen LogP contribution < -0.4 is 0 Å². The van der Waals surface area contributed by atoms with Crippen molar-refractivity contribution in [2.45, 2.75) is 46.1 Å². The molecule has 3 unspecified atom stereocenters. The summed E-state index contributed by atoms with van der Waals surface area (Å²) in [4.78, 5) is 0. The monoisotopic (exact) mass is 225 g/mol. The number of aryl methyl sites for hydroxylation is 1. The Kier molecular flexibility index (Phi) is 2.96. The van der Waals surface area contributed by atoms with E-state index in [2.05, 4.69) is 35.5 Å². The number of rotatable bonds is 2. The second kappa shape index (κ2) is 4.08. The smallest absolute Gasteiger partial charge is 0.195 e. The summed E-state index contributed by atoms with van der Waals surface area (Å²) >= 11 is 5.31. The largest absolute Gasteiger partial charge is 0.301 e. The molecule has 0 aliphatic heterocycles. The predicted molar refractivity (Wildman–Crippen MR) is 63.4 cm³/mol. The van der Waals surface area contributed by atoms with Gasteiger partial charge in [0.2, 0.25) is 0 Å². The lowest BCUT2D eigenvalue weighted by Crippen LogP contribution is -2.17. The Morgan fingerprint density at radius 3 is 2.73 bits per heavy atom. The van der Waals surface area contributed by atoms with Gasteiger partial charge in [-0.05, 0) is 36.9 Å². The Morgan fingerprint density at radius 2 is 2.20 bits per heavy atom. The average molecular weight is 225 g/mol. The first-order valence-corrected chi connectivity index (χ1v) is 6.21. The first-order valence-electron chi connectivity index (χ1n) is 5.81. The van der Waals surface area contributed by atoms with Crippen LogP contribution in [0.15, 0.2) is 0 Å². The van der Waals surface area contributed by atoms with Crippen LogP contribution in [-0.4, -0.2) is 14.8 Å². The van der Waals surface area contributed by atoms with E-state index in [1.165, 1.54) is 12.8 Å². The molecule has 15 heavy (non-hydrogen) atoms. The molecule has 0 spiro atoms. The molecular weight excluding hydrogens is 206 g/mol. The maximum Gasteiger partial charge on any atom is 0.195 e. The fourth-order valence-electron chi connectivity index (χ4n) is 2.63. The summed E-state index contributed by atoms with van der Waals surface area (Å²) in [6.45, 7) is 6.79. The zero-order valence-electron chi connectivity index (χ0n) is 9.66. The highest BCUT2D eigenvalue weighted by Crippen LogP contribution is 2.40. The van der Waals surface area contributed by atoms with Gasteiger partial charge in [0.15, 0.2) is 4.77 Å². The Morgan fingerprint density at radius 1 is 1.47 bits per heavy atom. The van der Waals surface area contributed by atoms with Crippen LogP contribution in [0.4, 0.5) is 0 Å². The standard InChI is InChI=1S/C11H19N3S/c1-4-10-12-13-11(15)14(10)9-6-5-7(2)8(9)3/h7-9H,4-6H2,1-3H3,(H,13,15). The van der Waals surface area contributed by atoms with Gasteiger partial charge in [-0.15, -0.1) is 0 Å². The van der Waals surface area contributed by atoms with Gasteiger partial charge in [-0.25, -0.2) is 0 Å². The van der Waals surface area contributed by atoms with Gasteiger partial charge < -0.3 is 4.57 Å². The van der Waals surface area contributed by atoms with Crippen LogP contribution in [0.2, 0.25) is 0 Å². The second-order valence-electron chi connectivity index (χ2n) is 4.65. The van der Waals surface area contributed by atoms with Crippen LogP contribution >= 0.6 is 12.2 Å². The number of hydrogen-bond donors (Lipinski definition) is 1. The average Bonchev–Trinajstić information content (AvgIpc) is 2.73. The van der Waals surface area contributed by atoms with Crippen molar-refractivity contribution in [3.05, 3.63) is 10.6 Å². The SMILES string of the molecule is CCc1n[nH]c(=S)n1C1CCC(C)C1C. The normalized spacial score (nSPS) is 31.0. The van der Waals surface area contributed by atoms with E-state index in [0.717, 1.165) is 22.9 Å². The fraction of sp³-hybridized carbons (Fsp3) is 0.818. The molecule has 1 aromatic rings. The molecule has 1 saturated carbocycles. The van der Waals surface area contributed by atoms with E-state index < -0.39 is 0 Å². The Balaban J connectivity index is 2.37. The summed E-state index contributed by atoms with van der Waals surface area (Å²) in [5, 5.41) is 7.20. The van der Waals surface area contributed by atoms with Crippen LogP contribution in [0.5, 0.6) is 0 Å². The zero-order valence-corrected chi connectivity index (χ0v) is 10.5. The van der Waals surface area contributed by atoms with Crippen molar-refractivity contribution in [2.75, 3.05) is 0 Å². The molecule has 0 saturated heterocycles. The van der Waals surface area contributed by atoms with E-state index in [1.54, 1.807) is 0 Å². The van der Waals surface area contributed by atoms with Gasteiger partial charge in [-0.3, -0.25) is 5.10 Å².